The van der Waals surface area contributed by atoms with Crippen molar-refractivity contribution in [1.82, 2.24) is 29.7 Å². The molecule has 0 aliphatic carbocycles. The zero-order valence-electron chi connectivity index (χ0n) is 22.0. The van der Waals surface area contributed by atoms with Gasteiger partial charge in [-0.1, -0.05) is 12.2 Å². The number of amides is 1. The van der Waals surface area contributed by atoms with Crippen molar-refractivity contribution in [2.24, 2.45) is 9.98 Å². The second-order valence-electron chi connectivity index (χ2n) is 10.1. The first-order valence-corrected chi connectivity index (χ1v) is 18.2. The molecule has 19 nitrogen and oxygen atoms in total. The van der Waals surface area contributed by atoms with E-state index in [0.717, 1.165) is 0 Å². The molecule has 44 heavy (non-hydrogen) atoms. The van der Waals surface area contributed by atoms with Gasteiger partial charge in [-0.05, 0) is 11.8 Å². The summed E-state index contributed by atoms with van der Waals surface area (Å²) in [6.45, 7) is -9.25. The first-order chi connectivity index (χ1) is 20.9. The van der Waals surface area contributed by atoms with Crippen molar-refractivity contribution < 1.29 is 46.2 Å². The lowest BCUT2D eigenvalue weighted by atomic mass is 10.1. The highest BCUT2D eigenvalue weighted by atomic mass is 32.7. The SMILES string of the molecule is N=C1N=C2C(N=CN2[C@@H]2O[C@@H]3COP(O)(=S)OC4[C@@H](COP(=O)(S)O[C@H]2C3)O[C@@H](n2cnc3c(N)ncnc32)[C@H]4F)C(=O)N1. The molecule has 0 radical (unpaired) electrons. The van der Waals surface area contributed by atoms with Crippen LogP contribution in [0.1, 0.15) is 12.6 Å². The number of nitrogen functional groups attached to an aromatic ring is 1. The Morgan fingerprint density at radius 3 is 2.82 bits per heavy atom. The Bertz CT molecular complexity index is 1700. The van der Waals surface area contributed by atoms with Crippen LogP contribution in [0.4, 0.5) is 10.2 Å². The minimum absolute atomic E-state index is 0.0374. The van der Waals surface area contributed by atoms with E-state index in [4.69, 9.17) is 50.5 Å². The summed E-state index contributed by atoms with van der Waals surface area (Å²) >= 11 is 9.31. The Morgan fingerprint density at radius 1 is 1.18 bits per heavy atom. The molecule has 5 aliphatic rings. The number of imidazole rings is 1. The zero-order valence-corrected chi connectivity index (χ0v) is 25.5. The first kappa shape index (κ1) is 30.2. The molecular formula is C20H23FN10O9P2S2. The number of anilines is 1. The van der Waals surface area contributed by atoms with Gasteiger partial charge < -0.3 is 24.6 Å². The topological polar surface area (TPSA) is 243 Å². The number of carbonyl (C=O) groups is 1. The third-order valence-electron chi connectivity index (χ3n) is 7.26. The number of nitrogens with one attached hydrogen (secondary N) is 2. The van der Waals surface area contributed by atoms with Gasteiger partial charge in [-0.3, -0.25) is 43.6 Å². The molecule has 2 aromatic heterocycles. The number of nitrogens with zero attached hydrogens (tertiary/aromatic N) is 7. The standard InChI is InChI=1S/C20H23FN10O9P2S2/c21-10-13-9(38-19(10)30-5-26-11-14(22)24-4-25-15(11)30)3-36-41(33,43)39-8-1-7(2-35-42(34,44)40-13)37-18(8)31-6-27-12-16(31)28-20(23)29-17(12)32/h4-10,12-13,18-19H,1-3H2,(H,33,43)(H,34,44)(H2,22,24,25)(H2,23,29,32)/t7-,8-,9+,10-,12?,13?,18+,19+,41?,42?/m0/s1. The third kappa shape index (κ3) is 5.47. The van der Waals surface area contributed by atoms with Gasteiger partial charge >= 0.3 is 13.5 Å². The van der Waals surface area contributed by atoms with Gasteiger partial charge in [0.2, 0.25) is 5.96 Å². The Hall–Kier alpha value is -2.49. The number of hydrogen-bond donors (Lipinski definition) is 5. The highest BCUT2D eigenvalue weighted by Gasteiger charge is 2.53. The maximum absolute atomic E-state index is 16.0. The Kier molecular flexibility index (Phi) is 7.61. The number of aromatic nitrogens is 4. The number of fused-ring (bicyclic) bond motifs is 5. The van der Waals surface area contributed by atoms with Gasteiger partial charge in [0.05, 0.1) is 32.0 Å². The van der Waals surface area contributed by atoms with Crippen LogP contribution < -0.4 is 11.1 Å². The van der Waals surface area contributed by atoms with Crippen molar-refractivity contribution in [3.05, 3.63) is 12.7 Å². The number of aliphatic imine (C=N–C) groups is 2. The lowest BCUT2D eigenvalue weighted by Gasteiger charge is -2.31. The van der Waals surface area contributed by atoms with E-state index in [1.807, 2.05) is 0 Å². The summed E-state index contributed by atoms with van der Waals surface area (Å²) in [4.78, 5) is 44.9. The van der Waals surface area contributed by atoms with Crippen LogP contribution in [0.15, 0.2) is 22.6 Å². The summed E-state index contributed by atoms with van der Waals surface area (Å²) in [5.74, 6) is -0.801. The molecular weight excluding hydrogens is 669 g/mol. The van der Waals surface area contributed by atoms with Gasteiger partial charge in [0.1, 0.15) is 30.2 Å². The molecule has 0 saturated carbocycles. The van der Waals surface area contributed by atoms with Crippen molar-refractivity contribution in [1.29, 1.82) is 5.41 Å². The molecule has 2 aromatic rings. The van der Waals surface area contributed by atoms with Gasteiger partial charge in [-0.2, -0.15) is 4.99 Å². The molecule has 4 unspecified atom stereocenters. The van der Waals surface area contributed by atoms with Crippen LogP contribution in [0.5, 0.6) is 0 Å². The maximum atomic E-state index is 16.0. The van der Waals surface area contributed by atoms with Crippen LogP contribution >= 0.6 is 25.8 Å². The number of hydrogen-bond acceptors (Lipinski definition) is 16. The maximum Gasteiger partial charge on any atom is 0.386 e. The molecule has 24 heteroatoms. The summed E-state index contributed by atoms with van der Waals surface area (Å²) in [5.41, 5.74) is 6.23. The van der Waals surface area contributed by atoms with Crippen LogP contribution in [0.2, 0.25) is 0 Å². The van der Waals surface area contributed by atoms with E-state index in [-0.39, 0.29) is 35.8 Å². The van der Waals surface area contributed by atoms with E-state index in [9.17, 15) is 14.3 Å². The number of guanidine groups is 1. The number of halogens is 1. The monoisotopic (exact) mass is 692 g/mol. The normalized spacial score (nSPS) is 41.0. The molecule has 1 amide bonds. The molecule has 10 atom stereocenters. The lowest BCUT2D eigenvalue weighted by molar-refractivity contribution is -0.119. The summed E-state index contributed by atoms with van der Waals surface area (Å²) in [7, 11) is 0. The zero-order chi connectivity index (χ0) is 31.0. The summed E-state index contributed by atoms with van der Waals surface area (Å²) < 4.78 is 65.1. The summed E-state index contributed by atoms with van der Waals surface area (Å²) in [6, 6.07) is -1.03. The third-order valence-corrected chi connectivity index (χ3v) is 10.5. The number of ether oxygens (including phenoxy) is 2. The molecule has 5 aliphatic heterocycles. The fraction of sp³-hybridized carbons (Fsp3) is 0.550. The first-order valence-electron chi connectivity index (χ1n) is 12.9. The van der Waals surface area contributed by atoms with Crippen LogP contribution in [-0.4, -0.2) is 109 Å². The second-order valence-corrected chi connectivity index (χ2v) is 15.8. The van der Waals surface area contributed by atoms with Crippen LogP contribution in [-0.2, 0) is 48.7 Å². The molecule has 3 saturated heterocycles. The molecule has 0 aromatic carbocycles. The number of carbonyl (C=O) groups excluding carboxylic acids is 1. The Labute approximate surface area is 256 Å². The van der Waals surface area contributed by atoms with Gasteiger partial charge in [-0.15, -0.1) is 0 Å². The summed E-state index contributed by atoms with van der Waals surface area (Å²) in [6.07, 6.45) is -5.35. The lowest BCUT2D eigenvalue weighted by Crippen LogP contribution is -2.52. The van der Waals surface area contributed by atoms with Crippen molar-refractivity contribution >= 4 is 78.6 Å². The molecule has 7 rings (SSSR count). The molecule has 236 valence electrons. The van der Waals surface area contributed by atoms with E-state index in [0.29, 0.717) is 0 Å². The number of alkyl halides is 1. The van der Waals surface area contributed by atoms with Crippen molar-refractivity contribution in [3.8, 4) is 0 Å². The van der Waals surface area contributed by atoms with Gasteiger partial charge in [0.15, 0.2) is 42.0 Å². The van der Waals surface area contributed by atoms with Gasteiger partial charge in [0, 0.05) is 6.42 Å². The number of nitrogens with two attached hydrogens (primary N) is 1. The Morgan fingerprint density at radius 2 is 2.00 bits per heavy atom. The van der Waals surface area contributed by atoms with E-state index in [2.05, 4.69) is 42.5 Å². The predicted molar refractivity (Wildman–Crippen MR) is 154 cm³/mol. The average Bonchev–Trinajstić information content (AvgIpc) is 3.72. The van der Waals surface area contributed by atoms with E-state index in [1.54, 1.807) is 0 Å². The fourth-order valence-corrected chi connectivity index (χ4v) is 8.31. The van der Waals surface area contributed by atoms with E-state index < -0.39 is 81.1 Å². The molecule has 5 N–H and O–H groups in total. The van der Waals surface area contributed by atoms with Crippen LogP contribution in [0.25, 0.3) is 11.2 Å². The minimum atomic E-state index is -4.22. The van der Waals surface area contributed by atoms with Crippen molar-refractivity contribution in [2.75, 3.05) is 18.9 Å². The second kappa shape index (κ2) is 11.1. The minimum Gasteiger partial charge on any atom is -0.382 e. The highest BCUT2D eigenvalue weighted by Crippen LogP contribution is 2.57. The Balaban J connectivity index is 1.15. The molecule has 3 fully saturated rings. The van der Waals surface area contributed by atoms with Crippen molar-refractivity contribution in [2.45, 2.75) is 55.5 Å². The summed E-state index contributed by atoms with van der Waals surface area (Å²) in [5, 5.41) is 10.1. The molecule has 2 bridgehead atoms. The highest BCUT2D eigenvalue weighted by molar-refractivity contribution is 8.44. The quantitative estimate of drug-likeness (QED) is 0.206. The smallest absolute Gasteiger partial charge is 0.382 e. The van der Waals surface area contributed by atoms with Gasteiger partial charge in [-0.25, -0.2) is 23.9 Å². The van der Waals surface area contributed by atoms with Crippen molar-refractivity contribution in [3.63, 3.8) is 0 Å². The van der Waals surface area contributed by atoms with E-state index in [1.165, 1.54) is 28.5 Å². The average molecular weight is 693 g/mol. The van der Waals surface area contributed by atoms with Gasteiger partial charge in [0.25, 0.3) is 5.91 Å². The number of amidine groups is 1. The largest absolute Gasteiger partial charge is 0.386 e. The van der Waals surface area contributed by atoms with Crippen LogP contribution in [0, 0.1) is 5.41 Å². The fourth-order valence-electron chi connectivity index (χ4n) is 5.36. The molecule has 7 heterocycles. The molecule has 0 spiro atoms. The van der Waals surface area contributed by atoms with Crippen LogP contribution in [0.3, 0.4) is 0 Å². The van der Waals surface area contributed by atoms with E-state index >= 15 is 4.39 Å². The number of thiol groups is 1. The number of rotatable bonds is 2. The predicted octanol–water partition coefficient (Wildman–Crippen LogP) is 0.00647.